The minimum absolute atomic E-state index is 0.0587. The van der Waals surface area contributed by atoms with Gasteiger partial charge in [0.15, 0.2) is 0 Å². The molecule has 0 fully saturated rings. The number of rotatable bonds is 5. The Kier molecular flexibility index (Phi) is 2.50. The predicted molar refractivity (Wildman–Crippen MR) is 72.4 cm³/mol. The van der Waals surface area contributed by atoms with E-state index >= 15 is 0 Å². The largest absolute Gasteiger partial charge is 0.497 e. The maximum Gasteiger partial charge on any atom is 0.119 e. The average Bonchev–Trinajstić information content (AvgIpc) is 2.32. The van der Waals surface area contributed by atoms with Gasteiger partial charge in [-0.1, -0.05) is 19.0 Å². The molecule has 0 aliphatic rings. The standard InChI is InChI=1S/C13H21NO2S/c1-10(9-13(2,3)17(14)15)11-6-5-7-12(8-11)16-4/h5-8,10H,9,14H2,1-4H3/t10-,17?/m1/s1/i1D3,4D3. The van der Waals surface area contributed by atoms with Crippen LogP contribution in [0.5, 0.6) is 5.75 Å². The number of nitrogens with two attached hydrogens (primary N) is 1. The van der Waals surface area contributed by atoms with E-state index in [-0.39, 0.29) is 12.2 Å². The van der Waals surface area contributed by atoms with Crippen LogP contribution in [0.3, 0.4) is 0 Å². The Morgan fingerprint density at radius 2 is 2.35 bits per heavy atom. The first kappa shape index (κ1) is 7.54. The van der Waals surface area contributed by atoms with Crippen molar-refractivity contribution in [2.75, 3.05) is 7.04 Å². The van der Waals surface area contributed by atoms with Gasteiger partial charge in [0, 0.05) is 4.11 Å². The summed E-state index contributed by atoms with van der Waals surface area (Å²) in [7, 11) is -4.32. The molecular weight excluding hydrogens is 234 g/mol. The zero-order chi connectivity index (χ0) is 18.1. The van der Waals surface area contributed by atoms with Gasteiger partial charge in [0.1, 0.15) is 5.75 Å². The molecule has 0 spiro atoms. The lowest BCUT2D eigenvalue weighted by Crippen LogP contribution is -2.33. The van der Waals surface area contributed by atoms with Crippen molar-refractivity contribution in [3.8, 4) is 5.75 Å². The van der Waals surface area contributed by atoms with Gasteiger partial charge in [0.05, 0.1) is 26.9 Å². The van der Waals surface area contributed by atoms with Crippen molar-refractivity contribution < 1.29 is 17.2 Å². The molecule has 1 aromatic carbocycles. The van der Waals surface area contributed by atoms with Crippen molar-refractivity contribution in [3.63, 3.8) is 0 Å². The molecule has 1 aromatic rings. The topological polar surface area (TPSA) is 52.3 Å². The Hall–Kier alpha value is -0.870. The van der Waals surface area contributed by atoms with Crippen molar-refractivity contribution in [1.29, 1.82) is 0 Å². The van der Waals surface area contributed by atoms with Crippen LogP contribution in [0.4, 0.5) is 0 Å². The first-order valence-electron chi connectivity index (χ1n) is 8.18. The van der Waals surface area contributed by atoms with Gasteiger partial charge in [-0.05, 0) is 43.9 Å². The number of methoxy groups -OCH3 is 1. The van der Waals surface area contributed by atoms with Gasteiger partial charge in [-0.25, -0.2) is 4.21 Å². The fourth-order valence-electron chi connectivity index (χ4n) is 1.49. The van der Waals surface area contributed by atoms with E-state index in [4.69, 9.17) is 18.1 Å². The van der Waals surface area contributed by atoms with E-state index in [1.165, 1.54) is 18.2 Å². The minimum Gasteiger partial charge on any atom is -0.497 e. The van der Waals surface area contributed by atoms with E-state index in [9.17, 15) is 4.21 Å². The Labute approximate surface area is 114 Å². The Bertz CT molecular complexity index is 570. The molecule has 0 saturated heterocycles. The van der Waals surface area contributed by atoms with E-state index in [2.05, 4.69) is 0 Å². The number of benzene rings is 1. The van der Waals surface area contributed by atoms with Gasteiger partial charge in [-0.3, -0.25) is 5.14 Å². The Morgan fingerprint density at radius 3 is 2.94 bits per heavy atom. The Morgan fingerprint density at radius 1 is 1.59 bits per heavy atom. The second-order valence-corrected chi connectivity index (χ2v) is 6.19. The highest BCUT2D eigenvalue weighted by atomic mass is 32.2. The lowest BCUT2D eigenvalue weighted by atomic mass is 9.91. The molecule has 1 unspecified atom stereocenters. The van der Waals surface area contributed by atoms with E-state index in [0.717, 1.165) is 0 Å². The molecule has 2 N–H and O–H groups in total. The van der Waals surface area contributed by atoms with Crippen LogP contribution in [0.15, 0.2) is 24.3 Å². The fourth-order valence-corrected chi connectivity index (χ4v) is 1.82. The zero-order valence-electron chi connectivity index (χ0n) is 15.9. The van der Waals surface area contributed by atoms with Gasteiger partial charge in [0.25, 0.3) is 0 Å². The highest BCUT2D eigenvalue weighted by molar-refractivity contribution is 7.84. The van der Waals surface area contributed by atoms with E-state index in [1.54, 1.807) is 19.9 Å². The molecule has 3 nitrogen and oxygen atoms in total. The average molecular weight is 261 g/mol. The number of ether oxygens (including phenoxy) is 1. The van der Waals surface area contributed by atoms with E-state index in [0.29, 0.717) is 5.56 Å². The monoisotopic (exact) mass is 261 g/mol. The quantitative estimate of drug-likeness (QED) is 0.885. The summed E-state index contributed by atoms with van der Waals surface area (Å²) in [6, 6.07) is 5.94. The summed E-state index contributed by atoms with van der Waals surface area (Å²) in [6.45, 7) is 0.907. The van der Waals surface area contributed by atoms with E-state index < -0.39 is 35.5 Å². The molecule has 0 aliphatic carbocycles. The lowest BCUT2D eigenvalue weighted by Gasteiger charge is -2.25. The third-order valence-corrected chi connectivity index (χ3v) is 3.87. The highest BCUT2D eigenvalue weighted by Gasteiger charge is 2.26. The molecule has 0 aliphatic heterocycles. The molecule has 17 heavy (non-hydrogen) atoms. The number of hydrogen-bond donors (Lipinski definition) is 1. The third-order valence-electron chi connectivity index (χ3n) is 2.62. The summed E-state index contributed by atoms with van der Waals surface area (Å²) in [6.07, 6.45) is 0.0594. The number of hydrogen-bond acceptors (Lipinski definition) is 2. The first-order chi connectivity index (χ1) is 10.2. The second-order valence-electron chi connectivity index (χ2n) is 4.49. The molecule has 0 amide bonds. The van der Waals surface area contributed by atoms with Crippen molar-refractivity contribution in [1.82, 2.24) is 0 Å². The Balaban J connectivity index is 3.19. The van der Waals surface area contributed by atoms with Gasteiger partial charge < -0.3 is 4.74 Å². The molecule has 1 rings (SSSR count). The van der Waals surface area contributed by atoms with Gasteiger partial charge in [-0.15, -0.1) is 0 Å². The van der Waals surface area contributed by atoms with Crippen molar-refractivity contribution in [2.24, 2.45) is 5.14 Å². The van der Waals surface area contributed by atoms with Crippen LogP contribution < -0.4 is 9.88 Å². The second kappa shape index (κ2) is 5.65. The van der Waals surface area contributed by atoms with Gasteiger partial charge in [0.2, 0.25) is 0 Å². The molecule has 0 heterocycles. The van der Waals surface area contributed by atoms with Gasteiger partial charge >= 0.3 is 0 Å². The fraction of sp³-hybridized carbons (Fsp3) is 0.538. The van der Waals surface area contributed by atoms with Crippen LogP contribution in [0.1, 0.15) is 46.8 Å². The van der Waals surface area contributed by atoms with Crippen LogP contribution in [-0.4, -0.2) is 16.0 Å². The van der Waals surface area contributed by atoms with Crippen LogP contribution >= 0.6 is 0 Å². The minimum atomic E-state index is -2.62. The maximum absolute atomic E-state index is 11.6. The molecule has 96 valence electrons. The SMILES string of the molecule is [2H]C([2H])([2H])Oc1cccc([C@@H](CC(C)(C)S(N)=O)C([2H])([2H])[2H])c1. The van der Waals surface area contributed by atoms with Crippen molar-refractivity contribution in [2.45, 2.75) is 37.8 Å². The molecule has 0 aromatic heterocycles. The summed E-state index contributed by atoms with van der Waals surface area (Å²) >= 11 is 0. The summed E-state index contributed by atoms with van der Waals surface area (Å²) in [4.78, 5) is 0. The van der Waals surface area contributed by atoms with Crippen LogP contribution in [0, 0.1) is 0 Å². The zero-order valence-corrected chi connectivity index (χ0v) is 10.7. The van der Waals surface area contributed by atoms with Gasteiger partial charge in [-0.2, -0.15) is 0 Å². The maximum atomic E-state index is 11.6. The summed E-state index contributed by atoms with van der Waals surface area (Å²) < 4.78 is 60.1. The molecule has 0 radical (unpaired) electrons. The molecule has 0 bridgehead atoms. The molecule has 4 heteroatoms. The summed E-state index contributed by atoms with van der Waals surface area (Å²) in [5, 5.41) is 5.44. The van der Waals surface area contributed by atoms with E-state index in [1.807, 2.05) is 0 Å². The van der Waals surface area contributed by atoms with Crippen LogP contribution in [0.25, 0.3) is 0 Å². The molecular formula is C13H21NO2S. The van der Waals surface area contributed by atoms with Crippen LogP contribution in [0.2, 0.25) is 0 Å². The summed E-state index contributed by atoms with van der Waals surface area (Å²) in [5.41, 5.74) is 0.394. The summed E-state index contributed by atoms with van der Waals surface area (Å²) in [5.74, 6) is -0.881. The molecule has 0 saturated carbocycles. The lowest BCUT2D eigenvalue weighted by molar-refractivity contribution is 0.413. The smallest absolute Gasteiger partial charge is 0.119 e. The third kappa shape index (κ3) is 3.82. The van der Waals surface area contributed by atoms with Crippen molar-refractivity contribution >= 4 is 11.0 Å². The predicted octanol–water partition coefficient (Wildman–Crippen LogP) is 2.59. The normalized spacial score (nSPS) is 22.1. The highest BCUT2D eigenvalue weighted by Crippen LogP contribution is 2.29. The first-order valence-corrected chi connectivity index (χ1v) is 6.39. The van der Waals surface area contributed by atoms with Crippen molar-refractivity contribution in [3.05, 3.63) is 29.8 Å². The molecule has 2 atom stereocenters. The van der Waals surface area contributed by atoms with Crippen LogP contribution in [-0.2, 0) is 11.0 Å².